The van der Waals surface area contributed by atoms with E-state index in [4.69, 9.17) is 0 Å². The molecule has 3 aromatic carbocycles. The number of benzene rings is 3. The summed E-state index contributed by atoms with van der Waals surface area (Å²) in [5.41, 5.74) is 4.47. The van der Waals surface area contributed by atoms with Gasteiger partial charge in [-0.3, -0.25) is 9.10 Å². The molecule has 0 aromatic heterocycles. The molecule has 0 radical (unpaired) electrons. The molecule has 1 aliphatic heterocycles. The van der Waals surface area contributed by atoms with Crippen LogP contribution in [0.2, 0.25) is 0 Å². The third-order valence-electron chi connectivity index (χ3n) is 6.36. The van der Waals surface area contributed by atoms with E-state index in [1.807, 2.05) is 38.1 Å². The van der Waals surface area contributed by atoms with Crippen molar-refractivity contribution in [2.45, 2.75) is 38.1 Å². The number of amides is 1. The van der Waals surface area contributed by atoms with Gasteiger partial charge in [0.25, 0.3) is 10.0 Å². The van der Waals surface area contributed by atoms with E-state index >= 15 is 0 Å². The van der Waals surface area contributed by atoms with E-state index in [0.29, 0.717) is 12.2 Å². The highest BCUT2D eigenvalue weighted by molar-refractivity contribution is 7.92. The van der Waals surface area contributed by atoms with Crippen molar-refractivity contribution in [3.05, 3.63) is 89.5 Å². The molecule has 6 nitrogen and oxygen atoms in total. The molecule has 7 heteroatoms. The highest BCUT2D eigenvalue weighted by atomic mass is 32.2. The van der Waals surface area contributed by atoms with Crippen LogP contribution in [0.3, 0.4) is 0 Å². The average molecular weight is 478 g/mol. The van der Waals surface area contributed by atoms with Crippen LogP contribution in [0.15, 0.2) is 77.7 Å². The lowest BCUT2D eigenvalue weighted by Crippen LogP contribution is -2.41. The van der Waals surface area contributed by atoms with Crippen LogP contribution in [0.25, 0.3) is 0 Å². The van der Waals surface area contributed by atoms with Gasteiger partial charge < -0.3 is 10.2 Å². The molecular formula is C27H31N3O3S. The summed E-state index contributed by atoms with van der Waals surface area (Å²) >= 11 is 0. The Balaban J connectivity index is 1.51. The van der Waals surface area contributed by atoms with E-state index in [9.17, 15) is 13.2 Å². The summed E-state index contributed by atoms with van der Waals surface area (Å²) in [6.07, 6.45) is 2.45. The Hall–Kier alpha value is -3.32. The van der Waals surface area contributed by atoms with Gasteiger partial charge in [0.15, 0.2) is 0 Å². The highest BCUT2D eigenvalue weighted by Crippen LogP contribution is 2.28. The summed E-state index contributed by atoms with van der Waals surface area (Å²) in [6.45, 7) is 6.01. The van der Waals surface area contributed by atoms with Crippen LogP contribution in [-0.4, -0.2) is 34.0 Å². The van der Waals surface area contributed by atoms with Gasteiger partial charge in [-0.25, -0.2) is 8.42 Å². The van der Waals surface area contributed by atoms with Crippen molar-refractivity contribution in [2.75, 3.05) is 28.8 Å². The molecule has 1 N–H and O–H groups in total. The molecule has 3 aromatic rings. The lowest BCUT2D eigenvalue weighted by atomic mass is 10.1. The Kier molecular flexibility index (Phi) is 7.22. The first-order valence-electron chi connectivity index (χ1n) is 11.6. The third kappa shape index (κ3) is 5.25. The summed E-state index contributed by atoms with van der Waals surface area (Å²) in [5.74, 6) is -0.357. The molecule has 1 saturated heterocycles. The molecule has 1 heterocycles. The van der Waals surface area contributed by atoms with Gasteiger partial charge >= 0.3 is 0 Å². The van der Waals surface area contributed by atoms with Crippen LogP contribution >= 0.6 is 0 Å². The normalized spacial score (nSPS) is 13.6. The second-order valence-electron chi connectivity index (χ2n) is 8.68. The van der Waals surface area contributed by atoms with Gasteiger partial charge in [0.05, 0.1) is 10.6 Å². The van der Waals surface area contributed by atoms with Crippen molar-refractivity contribution in [1.29, 1.82) is 0 Å². The Morgan fingerprint density at radius 1 is 0.912 bits per heavy atom. The minimum atomic E-state index is -3.92. The van der Waals surface area contributed by atoms with E-state index in [1.165, 1.54) is 22.8 Å². The number of hydrogen-bond donors (Lipinski definition) is 1. The van der Waals surface area contributed by atoms with Gasteiger partial charge in [0.2, 0.25) is 5.91 Å². The summed E-state index contributed by atoms with van der Waals surface area (Å²) < 4.78 is 28.2. The standard InChI is InChI=1S/C27H31N3O3S/c1-21-9-8-12-26(22(21)2)30(34(32,33)25-10-4-3-5-11-25)20-27(31)28-19-23-13-15-24(16-14-23)29-17-6-7-18-29/h3-5,8-16H,6-7,17-20H2,1-2H3,(H,28,31). The smallest absolute Gasteiger partial charge is 0.264 e. The number of aryl methyl sites for hydroxylation is 1. The van der Waals surface area contributed by atoms with Crippen LogP contribution in [0, 0.1) is 13.8 Å². The second-order valence-corrected chi connectivity index (χ2v) is 10.5. The fraction of sp³-hybridized carbons (Fsp3) is 0.296. The zero-order valence-electron chi connectivity index (χ0n) is 19.7. The van der Waals surface area contributed by atoms with Crippen LogP contribution in [0.5, 0.6) is 0 Å². The maximum Gasteiger partial charge on any atom is 0.264 e. The molecule has 4 rings (SSSR count). The third-order valence-corrected chi connectivity index (χ3v) is 8.13. The van der Waals surface area contributed by atoms with Crippen molar-refractivity contribution in [2.24, 2.45) is 0 Å². The van der Waals surface area contributed by atoms with E-state index in [-0.39, 0.29) is 17.3 Å². The lowest BCUT2D eigenvalue weighted by Gasteiger charge is -2.26. The van der Waals surface area contributed by atoms with Gasteiger partial charge in [0.1, 0.15) is 6.54 Å². The monoisotopic (exact) mass is 477 g/mol. The summed E-state index contributed by atoms with van der Waals surface area (Å²) in [5, 5.41) is 2.89. The first kappa shape index (κ1) is 23.8. The van der Waals surface area contributed by atoms with Crippen molar-refractivity contribution >= 4 is 27.3 Å². The molecule has 0 atom stereocenters. The molecule has 1 amide bonds. The van der Waals surface area contributed by atoms with E-state index in [0.717, 1.165) is 29.8 Å². The van der Waals surface area contributed by atoms with Gasteiger partial charge in [-0.15, -0.1) is 0 Å². The van der Waals surface area contributed by atoms with Crippen LogP contribution in [0.4, 0.5) is 11.4 Å². The number of carbonyl (C=O) groups is 1. The Morgan fingerprint density at radius 2 is 1.59 bits per heavy atom. The first-order valence-corrected chi connectivity index (χ1v) is 13.0. The minimum Gasteiger partial charge on any atom is -0.372 e. The van der Waals surface area contributed by atoms with Gasteiger partial charge in [0, 0.05) is 25.3 Å². The van der Waals surface area contributed by atoms with E-state index < -0.39 is 10.0 Å². The average Bonchev–Trinajstić information content (AvgIpc) is 3.39. The van der Waals surface area contributed by atoms with Crippen molar-refractivity contribution in [3.8, 4) is 0 Å². The quantitative estimate of drug-likeness (QED) is 0.522. The molecule has 0 unspecified atom stereocenters. The first-order chi connectivity index (χ1) is 16.4. The molecular weight excluding hydrogens is 446 g/mol. The Morgan fingerprint density at radius 3 is 2.26 bits per heavy atom. The summed E-state index contributed by atoms with van der Waals surface area (Å²) in [4.78, 5) is 15.4. The number of rotatable bonds is 8. The Labute approximate surface area is 202 Å². The minimum absolute atomic E-state index is 0.154. The summed E-state index contributed by atoms with van der Waals surface area (Å²) in [6, 6.07) is 21.9. The van der Waals surface area contributed by atoms with Crippen molar-refractivity contribution < 1.29 is 13.2 Å². The number of sulfonamides is 1. The molecule has 0 aliphatic carbocycles. The second kappa shape index (κ2) is 10.3. The largest absolute Gasteiger partial charge is 0.372 e. The molecule has 0 saturated carbocycles. The predicted octanol–water partition coefficient (Wildman–Crippen LogP) is 4.42. The number of nitrogens with zero attached hydrogens (tertiary/aromatic N) is 2. The lowest BCUT2D eigenvalue weighted by molar-refractivity contribution is -0.119. The van der Waals surface area contributed by atoms with E-state index in [2.05, 4.69) is 22.3 Å². The zero-order valence-corrected chi connectivity index (χ0v) is 20.5. The fourth-order valence-corrected chi connectivity index (χ4v) is 5.71. The van der Waals surface area contributed by atoms with Crippen LogP contribution in [0.1, 0.15) is 29.5 Å². The highest BCUT2D eigenvalue weighted by Gasteiger charge is 2.28. The van der Waals surface area contributed by atoms with Crippen LogP contribution < -0.4 is 14.5 Å². The molecule has 1 aliphatic rings. The predicted molar refractivity (Wildman–Crippen MR) is 137 cm³/mol. The SMILES string of the molecule is Cc1cccc(N(CC(=O)NCc2ccc(N3CCCC3)cc2)S(=O)(=O)c2ccccc2)c1C. The topological polar surface area (TPSA) is 69.7 Å². The van der Waals surface area contributed by atoms with Gasteiger partial charge in [-0.2, -0.15) is 0 Å². The number of nitrogens with one attached hydrogen (secondary N) is 1. The van der Waals surface area contributed by atoms with Crippen molar-refractivity contribution in [1.82, 2.24) is 5.32 Å². The van der Waals surface area contributed by atoms with Gasteiger partial charge in [-0.1, -0.05) is 42.5 Å². The maximum atomic E-state index is 13.5. The molecule has 1 fully saturated rings. The summed E-state index contributed by atoms with van der Waals surface area (Å²) in [7, 11) is -3.92. The molecule has 178 valence electrons. The number of anilines is 2. The van der Waals surface area contributed by atoms with E-state index in [1.54, 1.807) is 36.4 Å². The molecule has 34 heavy (non-hydrogen) atoms. The fourth-order valence-electron chi connectivity index (χ4n) is 4.21. The Bertz CT molecular complexity index is 1240. The van der Waals surface area contributed by atoms with Crippen molar-refractivity contribution in [3.63, 3.8) is 0 Å². The number of hydrogen-bond acceptors (Lipinski definition) is 4. The maximum absolute atomic E-state index is 13.5. The zero-order chi connectivity index (χ0) is 24.1. The van der Waals surface area contributed by atoms with Crippen LogP contribution in [-0.2, 0) is 21.4 Å². The molecule has 0 bridgehead atoms. The molecule has 0 spiro atoms. The number of carbonyl (C=O) groups excluding carboxylic acids is 1. The van der Waals surface area contributed by atoms with Gasteiger partial charge in [-0.05, 0) is 73.7 Å².